The van der Waals surface area contributed by atoms with E-state index in [2.05, 4.69) is 15.1 Å². The molecule has 3 rings (SSSR count). The summed E-state index contributed by atoms with van der Waals surface area (Å²) in [5.41, 5.74) is 7.08. The molecule has 100 valence electrons. The summed E-state index contributed by atoms with van der Waals surface area (Å²) in [6.07, 6.45) is 2.11. The lowest BCUT2D eigenvalue weighted by Crippen LogP contribution is -1.94. The molecule has 0 unspecified atom stereocenters. The Hall–Kier alpha value is -2.76. The number of nitrogens with zero attached hydrogens (tertiary/aromatic N) is 3. The van der Waals surface area contributed by atoms with Crippen LogP contribution in [0.25, 0.3) is 11.5 Å². The van der Waals surface area contributed by atoms with Gasteiger partial charge in [-0.25, -0.2) is 4.39 Å². The largest absolute Gasteiger partial charge is 0.399 e. The highest BCUT2D eigenvalue weighted by atomic mass is 19.1. The Kier molecular flexibility index (Phi) is 3.12. The second-order valence-electron chi connectivity index (χ2n) is 4.25. The van der Waals surface area contributed by atoms with E-state index < -0.39 is 5.82 Å². The molecule has 0 spiro atoms. The van der Waals surface area contributed by atoms with E-state index in [9.17, 15) is 4.39 Å². The average molecular weight is 270 g/mol. The minimum atomic E-state index is -0.452. The first kappa shape index (κ1) is 12.3. The van der Waals surface area contributed by atoms with Crippen LogP contribution >= 0.6 is 0 Å². The molecule has 5 nitrogen and oxygen atoms in total. The predicted molar refractivity (Wildman–Crippen MR) is 71.1 cm³/mol. The molecule has 0 saturated carbocycles. The average Bonchev–Trinajstić information content (AvgIpc) is 2.91. The van der Waals surface area contributed by atoms with Crippen molar-refractivity contribution in [3.8, 4) is 11.5 Å². The van der Waals surface area contributed by atoms with Crippen LogP contribution in [0.1, 0.15) is 11.5 Å². The summed E-state index contributed by atoms with van der Waals surface area (Å²) in [5, 5.41) is 3.83. The molecule has 3 aromatic rings. The van der Waals surface area contributed by atoms with Crippen molar-refractivity contribution in [3.05, 3.63) is 59.9 Å². The number of aromatic nitrogens is 3. The zero-order valence-corrected chi connectivity index (χ0v) is 10.5. The van der Waals surface area contributed by atoms with Crippen molar-refractivity contribution in [3.63, 3.8) is 0 Å². The zero-order chi connectivity index (χ0) is 13.9. The Balaban J connectivity index is 1.88. The summed E-state index contributed by atoms with van der Waals surface area (Å²) in [4.78, 5) is 8.34. The molecule has 0 amide bonds. The minimum absolute atomic E-state index is 0.112. The fourth-order valence-electron chi connectivity index (χ4n) is 1.81. The fourth-order valence-corrected chi connectivity index (χ4v) is 1.81. The standard InChI is InChI=1S/C14H11FN4O/c15-12-5-4-9(16)7-11(12)14-18-13(19-20-14)8-10-3-1-2-6-17-10/h1-7H,8,16H2. The molecule has 0 radical (unpaired) electrons. The van der Waals surface area contributed by atoms with Gasteiger partial charge in [0.05, 0.1) is 12.0 Å². The molecule has 1 aromatic carbocycles. The summed E-state index contributed by atoms with van der Waals surface area (Å²) in [7, 11) is 0. The molecule has 2 heterocycles. The summed E-state index contributed by atoms with van der Waals surface area (Å²) >= 11 is 0. The third kappa shape index (κ3) is 2.49. The van der Waals surface area contributed by atoms with E-state index in [0.29, 0.717) is 17.9 Å². The molecule has 20 heavy (non-hydrogen) atoms. The van der Waals surface area contributed by atoms with Crippen LogP contribution in [0.3, 0.4) is 0 Å². The number of rotatable bonds is 3. The van der Waals surface area contributed by atoms with Crippen molar-refractivity contribution in [2.75, 3.05) is 5.73 Å². The quantitative estimate of drug-likeness (QED) is 0.739. The Morgan fingerprint density at radius 2 is 2.10 bits per heavy atom. The Bertz CT molecular complexity index is 727. The highest BCUT2D eigenvalue weighted by molar-refractivity contribution is 5.60. The lowest BCUT2D eigenvalue weighted by molar-refractivity contribution is 0.421. The van der Waals surface area contributed by atoms with Gasteiger partial charge in [-0.05, 0) is 30.3 Å². The normalized spacial score (nSPS) is 10.7. The van der Waals surface area contributed by atoms with E-state index in [-0.39, 0.29) is 11.5 Å². The first-order valence-electron chi connectivity index (χ1n) is 6.00. The number of hydrogen-bond donors (Lipinski definition) is 1. The van der Waals surface area contributed by atoms with Gasteiger partial charge in [-0.2, -0.15) is 4.98 Å². The van der Waals surface area contributed by atoms with Crippen LogP contribution in [0.4, 0.5) is 10.1 Å². The van der Waals surface area contributed by atoms with Crippen molar-refractivity contribution in [2.24, 2.45) is 0 Å². The van der Waals surface area contributed by atoms with Gasteiger partial charge in [0.2, 0.25) is 0 Å². The van der Waals surface area contributed by atoms with Crippen LogP contribution in [0.2, 0.25) is 0 Å². The van der Waals surface area contributed by atoms with E-state index in [0.717, 1.165) is 5.69 Å². The molecule has 2 aromatic heterocycles. The summed E-state index contributed by atoms with van der Waals surface area (Å²) in [6.45, 7) is 0. The van der Waals surface area contributed by atoms with E-state index in [1.54, 1.807) is 6.20 Å². The van der Waals surface area contributed by atoms with E-state index in [1.165, 1.54) is 18.2 Å². The van der Waals surface area contributed by atoms with E-state index in [1.807, 2.05) is 18.2 Å². The predicted octanol–water partition coefficient (Wildman–Crippen LogP) is 2.44. The van der Waals surface area contributed by atoms with Gasteiger partial charge in [0.1, 0.15) is 5.82 Å². The van der Waals surface area contributed by atoms with Gasteiger partial charge in [0.15, 0.2) is 5.82 Å². The van der Waals surface area contributed by atoms with Gasteiger partial charge in [-0.3, -0.25) is 4.98 Å². The van der Waals surface area contributed by atoms with Crippen LogP contribution in [0.5, 0.6) is 0 Å². The van der Waals surface area contributed by atoms with Crippen LogP contribution in [0, 0.1) is 5.82 Å². The van der Waals surface area contributed by atoms with E-state index >= 15 is 0 Å². The van der Waals surface area contributed by atoms with Crippen LogP contribution < -0.4 is 5.73 Å². The van der Waals surface area contributed by atoms with Crippen molar-refractivity contribution in [2.45, 2.75) is 6.42 Å². The topological polar surface area (TPSA) is 77.8 Å². The Morgan fingerprint density at radius 3 is 2.90 bits per heavy atom. The highest BCUT2D eigenvalue weighted by Crippen LogP contribution is 2.23. The second kappa shape index (κ2) is 5.08. The van der Waals surface area contributed by atoms with Gasteiger partial charge in [-0.15, -0.1) is 0 Å². The highest BCUT2D eigenvalue weighted by Gasteiger charge is 2.14. The summed E-state index contributed by atoms with van der Waals surface area (Å²) in [5.74, 6) is 0.105. The molecule has 0 bridgehead atoms. The third-order valence-electron chi connectivity index (χ3n) is 2.75. The lowest BCUT2D eigenvalue weighted by atomic mass is 10.2. The molecule has 0 aliphatic carbocycles. The van der Waals surface area contributed by atoms with Crippen LogP contribution in [0.15, 0.2) is 47.1 Å². The van der Waals surface area contributed by atoms with Gasteiger partial charge in [0, 0.05) is 17.6 Å². The number of nitrogens with two attached hydrogens (primary N) is 1. The first-order valence-corrected chi connectivity index (χ1v) is 6.00. The fraction of sp³-hybridized carbons (Fsp3) is 0.0714. The van der Waals surface area contributed by atoms with E-state index in [4.69, 9.17) is 10.3 Å². The molecule has 0 aliphatic rings. The van der Waals surface area contributed by atoms with Crippen LogP contribution in [-0.4, -0.2) is 15.1 Å². The zero-order valence-electron chi connectivity index (χ0n) is 10.5. The second-order valence-corrected chi connectivity index (χ2v) is 4.25. The molecule has 0 saturated heterocycles. The van der Waals surface area contributed by atoms with Gasteiger partial charge in [0.25, 0.3) is 5.89 Å². The van der Waals surface area contributed by atoms with Crippen LogP contribution in [-0.2, 0) is 6.42 Å². The molecule has 2 N–H and O–H groups in total. The summed E-state index contributed by atoms with van der Waals surface area (Å²) < 4.78 is 18.8. The third-order valence-corrected chi connectivity index (χ3v) is 2.75. The van der Waals surface area contributed by atoms with Gasteiger partial charge in [-0.1, -0.05) is 11.2 Å². The molecule has 0 fully saturated rings. The van der Waals surface area contributed by atoms with Gasteiger partial charge < -0.3 is 10.3 Å². The first-order chi connectivity index (χ1) is 9.72. The molecular formula is C14H11FN4O. The SMILES string of the molecule is Nc1ccc(F)c(-c2nc(Cc3ccccn3)no2)c1. The lowest BCUT2D eigenvalue weighted by Gasteiger charge is -1.98. The van der Waals surface area contributed by atoms with Crippen molar-refractivity contribution in [1.82, 2.24) is 15.1 Å². The minimum Gasteiger partial charge on any atom is -0.399 e. The molecule has 0 aliphatic heterocycles. The number of halogens is 1. The number of pyridine rings is 1. The number of benzene rings is 1. The Morgan fingerprint density at radius 1 is 1.20 bits per heavy atom. The van der Waals surface area contributed by atoms with Crippen molar-refractivity contribution in [1.29, 1.82) is 0 Å². The molecular weight excluding hydrogens is 259 g/mol. The number of hydrogen-bond acceptors (Lipinski definition) is 5. The summed E-state index contributed by atoms with van der Waals surface area (Å²) in [6, 6.07) is 9.77. The maximum Gasteiger partial charge on any atom is 0.260 e. The maximum atomic E-state index is 13.7. The smallest absolute Gasteiger partial charge is 0.260 e. The number of anilines is 1. The van der Waals surface area contributed by atoms with Gasteiger partial charge >= 0.3 is 0 Å². The van der Waals surface area contributed by atoms with Crippen molar-refractivity contribution < 1.29 is 8.91 Å². The molecule has 6 heteroatoms. The Labute approximate surface area is 114 Å². The monoisotopic (exact) mass is 270 g/mol. The number of nitrogen functional groups attached to an aromatic ring is 1. The van der Waals surface area contributed by atoms with Crippen molar-refractivity contribution >= 4 is 5.69 Å². The molecule has 0 atom stereocenters. The maximum absolute atomic E-state index is 13.7.